The molecule has 0 bridgehead atoms. The van der Waals surface area contributed by atoms with Gasteiger partial charge in [-0.3, -0.25) is 0 Å². The van der Waals surface area contributed by atoms with Crippen molar-refractivity contribution in [2.24, 2.45) is 0 Å². The molecule has 1 aliphatic carbocycles. The molecule has 1 aliphatic rings. The number of aryl methyl sites for hydroxylation is 4. The van der Waals surface area contributed by atoms with Crippen LogP contribution in [-0.4, -0.2) is 23.0 Å². The summed E-state index contributed by atoms with van der Waals surface area (Å²) in [5.74, 6) is 1.44. The number of sulfonamides is 1. The molecule has 0 atom stereocenters. The topological polar surface area (TPSA) is 90.0 Å². The van der Waals surface area contributed by atoms with Gasteiger partial charge in [0.05, 0.1) is 5.69 Å². The van der Waals surface area contributed by atoms with Gasteiger partial charge in [-0.25, -0.2) is 9.71 Å². The Morgan fingerprint density at radius 2 is 2.10 bits per heavy atom. The Bertz CT molecular complexity index is 737. The van der Waals surface area contributed by atoms with Crippen molar-refractivity contribution < 1.29 is 12.8 Å². The smallest absolute Gasteiger partial charge is 0.309 e. The van der Waals surface area contributed by atoms with Gasteiger partial charge in [-0.05, 0) is 33.1 Å². The zero-order valence-electron chi connectivity index (χ0n) is 12.1. The number of nitrogens with one attached hydrogen (secondary N) is 1. The summed E-state index contributed by atoms with van der Waals surface area (Å²) in [4.78, 5) is 8.29. The van der Waals surface area contributed by atoms with Crippen LogP contribution in [0.15, 0.2) is 15.6 Å². The van der Waals surface area contributed by atoms with E-state index in [0.717, 1.165) is 37.1 Å². The minimum Gasteiger partial charge on any atom is -0.428 e. The van der Waals surface area contributed by atoms with Crippen LogP contribution in [0, 0.1) is 6.92 Å². The molecule has 1 N–H and O–H groups in total. The second kappa shape index (κ2) is 5.18. The van der Waals surface area contributed by atoms with E-state index in [1.54, 1.807) is 11.5 Å². The summed E-state index contributed by atoms with van der Waals surface area (Å²) >= 11 is 0. The summed E-state index contributed by atoms with van der Waals surface area (Å²) in [7, 11) is -3.76. The van der Waals surface area contributed by atoms with Crippen molar-refractivity contribution in [3.63, 3.8) is 0 Å². The molecular weight excluding hydrogens is 292 g/mol. The molecule has 0 saturated carbocycles. The van der Waals surface area contributed by atoms with E-state index in [9.17, 15) is 8.42 Å². The normalized spacial score (nSPS) is 15.0. The first-order valence-electron chi connectivity index (χ1n) is 7.05. The van der Waals surface area contributed by atoms with Gasteiger partial charge in [0.2, 0.25) is 0 Å². The quantitative estimate of drug-likeness (QED) is 0.931. The maximum Gasteiger partial charge on any atom is 0.309 e. The molecule has 0 fully saturated rings. The highest BCUT2D eigenvalue weighted by Crippen LogP contribution is 2.25. The van der Waals surface area contributed by atoms with Crippen molar-refractivity contribution in [1.82, 2.24) is 14.5 Å². The molecule has 0 amide bonds. The molecule has 0 saturated heterocycles. The second-order valence-electron chi connectivity index (χ2n) is 5.11. The fourth-order valence-corrected chi connectivity index (χ4v) is 3.43. The summed E-state index contributed by atoms with van der Waals surface area (Å²) in [5.41, 5.74) is 0.856. The van der Waals surface area contributed by atoms with E-state index >= 15 is 0 Å². The van der Waals surface area contributed by atoms with Gasteiger partial charge in [-0.1, -0.05) is 0 Å². The molecule has 2 aromatic rings. The maximum absolute atomic E-state index is 12.3. The first-order valence-corrected chi connectivity index (χ1v) is 8.53. The monoisotopic (exact) mass is 310 g/mol. The molecule has 3 rings (SSSR count). The number of nitrogens with zero attached hydrogens (tertiary/aromatic N) is 3. The molecule has 8 heteroatoms. The molecule has 0 unspecified atom stereocenters. The van der Waals surface area contributed by atoms with Gasteiger partial charge in [0, 0.05) is 19.2 Å². The van der Waals surface area contributed by atoms with Gasteiger partial charge in [-0.15, -0.1) is 0 Å². The Labute approximate surface area is 123 Å². The lowest BCUT2D eigenvalue weighted by atomic mass is 10.0. The van der Waals surface area contributed by atoms with Gasteiger partial charge in [0.1, 0.15) is 11.6 Å². The molecule has 0 aliphatic heterocycles. The van der Waals surface area contributed by atoms with Crippen LogP contribution in [0.25, 0.3) is 0 Å². The van der Waals surface area contributed by atoms with Crippen molar-refractivity contribution in [2.45, 2.75) is 51.1 Å². The van der Waals surface area contributed by atoms with Crippen molar-refractivity contribution in [1.29, 1.82) is 0 Å². The third kappa shape index (κ3) is 2.67. The lowest BCUT2D eigenvalue weighted by molar-refractivity contribution is 0.489. The molecule has 2 heterocycles. The van der Waals surface area contributed by atoms with E-state index in [1.165, 1.54) is 6.20 Å². The molecule has 2 aromatic heterocycles. The Morgan fingerprint density at radius 1 is 1.33 bits per heavy atom. The average molecular weight is 310 g/mol. The molecule has 7 nitrogen and oxygen atoms in total. The highest BCUT2D eigenvalue weighted by Gasteiger charge is 2.24. The molecule has 0 spiro atoms. The minimum atomic E-state index is -3.76. The van der Waals surface area contributed by atoms with Gasteiger partial charge in [0.25, 0.3) is 10.0 Å². The van der Waals surface area contributed by atoms with Gasteiger partial charge < -0.3 is 8.98 Å². The third-order valence-corrected chi connectivity index (χ3v) is 4.83. The number of hydrogen-bond acceptors (Lipinski definition) is 5. The van der Waals surface area contributed by atoms with Crippen LogP contribution in [0.3, 0.4) is 0 Å². The molecule has 21 heavy (non-hydrogen) atoms. The summed E-state index contributed by atoms with van der Waals surface area (Å²) < 4.78 is 34.3. The van der Waals surface area contributed by atoms with E-state index in [-0.39, 0.29) is 11.0 Å². The Kier molecular flexibility index (Phi) is 3.48. The fourth-order valence-electron chi connectivity index (χ4n) is 2.49. The van der Waals surface area contributed by atoms with Crippen LogP contribution < -0.4 is 4.72 Å². The minimum absolute atomic E-state index is 0.0157. The molecular formula is C13H18N4O3S. The molecule has 114 valence electrons. The number of hydrogen-bond donors (Lipinski definition) is 1. The first kappa shape index (κ1) is 14.1. The standard InChI is InChI=1S/C13H18N4O3S/c1-3-17-8-12(14-9(17)2)21(18,19)16-13-15-10-6-4-5-7-11(10)20-13/h8H,3-7H2,1-2H3,(H,15,16). The van der Waals surface area contributed by atoms with Crippen molar-refractivity contribution >= 4 is 16.0 Å². The van der Waals surface area contributed by atoms with Gasteiger partial charge in [-0.2, -0.15) is 13.4 Å². The van der Waals surface area contributed by atoms with Gasteiger partial charge >= 0.3 is 6.01 Å². The summed E-state index contributed by atoms with van der Waals surface area (Å²) in [6.07, 6.45) is 5.28. The van der Waals surface area contributed by atoms with Crippen LogP contribution in [0.1, 0.15) is 37.0 Å². The Hall–Kier alpha value is -1.83. The summed E-state index contributed by atoms with van der Waals surface area (Å²) in [6, 6.07) is 0.0330. The van der Waals surface area contributed by atoms with Crippen molar-refractivity contribution in [2.75, 3.05) is 4.72 Å². The van der Waals surface area contributed by atoms with Crippen LogP contribution in [-0.2, 0) is 29.4 Å². The van der Waals surface area contributed by atoms with E-state index in [2.05, 4.69) is 14.7 Å². The fraction of sp³-hybridized carbons (Fsp3) is 0.538. The van der Waals surface area contributed by atoms with E-state index in [4.69, 9.17) is 4.42 Å². The average Bonchev–Trinajstić information content (AvgIpc) is 3.00. The lowest BCUT2D eigenvalue weighted by Gasteiger charge is -2.05. The number of oxazole rings is 1. The third-order valence-electron chi connectivity index (χ3n) is 3.64. The zero-order chi connectivity index (χ0) is 15.0. The highest BCUT2D eigenvalue weighted by atomic mass is 32.2. The van der Waals surface area contributed by atoms with Gasteiger partial charge in [0.15, 0.2) is 5.03 Å². The zero-order valence-corrected chi connectivity index (χ0v) is 12.9. The summed E-state index contributed by atoms with van der Waals surface area (Å²) in [6.45, 7) is 4.37. The second-order valence-corrected chi connectivity index (χ2v) is 6.74. The molecule has 0 radical (unpaired) electrons. The van der Waals surface area contributed by atoms with E-state index in [1.807, 2.05) is 6.92 Å². The number of aromatic nitrogens is 3. The van der Waals surface area contributed by atoms with Crippen LogP contribution in [0.4, 0.5) is 6.01 Å². The number of rotatable bonds is 4. The first-order chi connectivity index (χ1) is 9.99. The Balaban J connectivity index is 1.86. The van der Waals surface area contributed by atoms with Crippen LogP contribution in [0.2, 0.25) is 0 Å². The van der Waals surface area contributed by atoms with Crippen LogP contribution >= 0.6 is 0 Å². The van der Waals surface area contributed by atoms with Crippen molar-refractivity contribution in [3.8, 4) is 0 Å². The maximum atomic E-state index is 12.3. The van der Waals surface area contributed by atoms with Crippen LogP contribution in [0.5, 0.6) is 0 Å². The molecule has 0 aromatic carbocycles. The Morgan fingerprint density at radius 3 is 2.76 bits per heavy atom. The predicted molar refractivity (Wildman–Crippen MR) is 76.6 cm³/mol. The largest absolute Gasteiger partial charge is 0.428 e. The highest BCUT2D eigenvalue weighted by molar-refractivity contribution is 7.92. The lowest BCUT2D eigenvalue weighted by Crippen LogP contribution is -2.13. The predicted octanol–water partition coefficient (Wildman–Crippen LogP) is 1.88. The van der Waals surface area contributed by atoms with E-state index < -0.39 is 10.0 Å². The number of fused-ring (bicyclic) bond motifs is 1. The van der Waals surface area contributed by atoms with E-state index in [0.29, 0.717) is 12.4 Å². The van der Waals surface area contributed by atoms with Crippen molar-refractivity contribution in [3.05, 3.63) is 23.5 Å². The summed E-state index contributed by atoms with van der Waals surface area (Å²) in [5, 5.41) is -0.0157. The number of imidazole rings is 1. The number of anilines is 1. The SMILES string of the molecule is CCn1cc(S(=O)(=O)Nc2nc3c(o2)CCCC3)nc1C.